The zero-order valence-electron chi connectivity index (χ0n) is 10.8. The number of anilines is 1. The number of carboxylic acid groups (broad SMARTS) is 1. The van der Waals surface area contributed by atoms with Gasteiger partial charge in [-0.2, -0.15) is 0 Å². The third kappa shape index (κ3) is 2.99. The maximum atomic E-state index is 13.7. The Kier molecular flexibility index (Phi) is 4.39. The van der Waals surface area contributed by atoms with Crippen LogP contribution in [0.25, 0.3) is 0 Å². The predicted octanol–water partition coefficient (Wildman–Crippen LogP) is 3.92. The maximum absolute atomic E-state index is 13.7. The van der Waals surface area contributed by atoms with Gasteiger partial charge in [0.05, 0.1) is 5.69 Å². The molecule has 0 atom stereocenters. The molecule has 0 fully saturated rings. The van der Waals surface area contributed by atoms with E-state index in [1.54, 1.807) is 18.0 Å². The fraction of sp³-hybridized carbons (Fsp3) is 0.133. The summed E-state index contributed by atoms with van der Waals surface area (Å²) in [5.74, 6) is -1.99. The number of halogens is 2. The molecule has 0 bridgehead atoms. The molecule has 5 heteroatoms. The van der Waals surface area contributed by atoms with E-state index in [1.165, 1.54) is 6.07 Å². The summed E-state index contributed by atoms with van der Waals surface area (Å²) in [6.07, 6.45) is 0. The second-order valence-electron chi connectivity index (χ2n) is 4.39. The van der Waals surface area contributed by atoms with Gasteiger partial charge in [0.25, 0.3) is 0 Å². The molecule has 0 heterocycles. The van der Waals surface area contributed by atoms with Gasteiger partial charge >= 0.3 is 5.97 Å². The first-order valence-corrected chi connectivity index (χ1v) is 6.76. The average Bonchev–Trinajstić information content (AvgIpc) is 2.40. The molecule has 0 spiro atoms. The van der Waals surface area contributed by atoms with E-state index >= 15 is 0 Å². The summed E-state index contributed by atoms with van der Waals surface area (Å²) in [6.45, 7) is 0.477. The quantitative estimate of drug-likeness (QED) is 0.919. The van der Waals surface area contributed by atoms with Gasteiger partial charge in [0.1, 0.15) is 11.4 Å². The maximum Gasteiger partial charge on any atom is 0.340 e. The Morgan fingerprint density at radius 2 is 1.95 bits per heavy atom. The molecule has 0 saturated heterocycles. The number of hydrogen-bond acceptors (Lipinski definition) is 2. The van der Waals surface area contributed by atoms with Gasteiger partial charge in [-0.3, -0.25) is 0 Å². The largest absolute Gasteiger partial charge is 0.478 e. The molecular formula is C15H13BrFNO2. The highest BCUT2D eigenvalue weighted by atomic mass is 79.9. The SMILES string of the molecule is CN(Cc1ccccc1Br)c1cccc(F)c1C(=O)O. The van der Waals surface area contributed by atoms with Crippen LogP contribution < -0.4 is 4.90 Å². The summed E-state index contributed by atoms with van der Waals surface area (Å²) in [6, 6.07) is 11.9. The molecule has 0 unspecified atom stereocenters. The van der Waals surface area contributed by atoms with E-state index < -0.39 is 11.8 Å². The Bertz CT molecular complexity index is 646. The lowest BCUT2D eigenvalue weighted by molar-refractivity contribution is 0.0692. The van der Waals surface area contributed by atoms with Crippen molar-refractivity contribution in [2.24, 2.45) is 0 Å². The van der Waals surface area contributed by atoms with E-state index in [-0.39, 0.29) is 5.56 Å². The minimum absolute atomic E-state index is 0.304. The number of benzene rings is 2. The van der Waals surface area contributed by atoms with Crippen LogP contribution >= 0.6 is 15.9 Å². The molecule has 2 rings (SSSR count). The molecule has 2 aromatic rings. The summed E-state index contributed by atoms with van der Waals surface area (Å²) >= 11 is 3.44. The third-order valence-corrected chi connectivity index (χ3v) is 3.76. The average molecular weight is 338 g/mol. The number of hydrogen-bond donors (Lipinski definition) is 1. The molecule has 0 saturated carbocycles. The number of aromatic carboxylic acids is 1. The lowest BCUT2D eigenvalue weighted by Gasteiger charge is -2.22. The summed E-state index contributed by atoms with van der Waals surface area (Å²) in [4.78, 5) is 12.9. The van der Waals surface area contributed by atoms with Crippen molar-refractivity contribution in [1.82, 2.24) is 0 Å². The molecule has 1 N–H and O–H groups in total. The Hall–Kier alpha value is -1.88. The van der Waals surface area contributed by atoms with Gasteiger partial charge in [0.2, 0.25) is 0 Å². The monoisotopic (exact) mass is 337 g/mol. The molecule has 0 amide bonds. The van der Waals surface area contributed by atoms with Crippen molar-refractivity contribution >= 4 is 27.6 Å². The van der Waals surface area contributed by atoms with Crippen molar-refractivity contribution in [1.29, 1.82) is 0 Å². The van der Waals surface area contributed by atoms with Crippen molar-refractivity contribution in [2.45, 2.75) is 6.54 Å². The summed E-state index contributed by atoms with van der Waals surface area (Å²) < 4.78 is 14.6. The van der Waals surface area contributed by atoms with Gasteiger partial charge in [0.15, 0.2) is 0 Å². The molecule has 0 radical (unpaired) electrons. The summed E-state index contributed by atoms with van der Waals surface area (Å²) in [5.41, 5.74) is 1.05. The lowest BCUT2D eigenvalue weighted by atomic mass is 10.1. The van der Waals surface area contributed by atoms with Crippen LogP contribution in [0.15, 0.2) is 46.9 Å². The molecule has 0 aliphatic rings. The normalized spacial score (nSPS) is 10.3. The molecule has 20 heavy (non-hydrogen) atoms. The highest BCUT2D eigenvalue weighted by Gasteiger charge is 2.18. The molecule has 0 aliphatic heterocycles. The minimum atomic E-state index is -1.27. The van der Waals surface area contributed by atoms with E-state index in [1.807, 2.05) is 24.3 Å². The second kappa shape index (κ2) is 6.05. The van der Waals surface area contributed by atoms with Gasteiger partial charge in [-0.05, 0) is 23.8 Å². The van der Waals surface area contributed by atoms with E-state index in [0.717, 1.165) is 16.1 Å². The van der Waals surface area contributed by atoms with Crippen LogP contribution in [-0.2, 0) is 6.54 Å². The fourth-order valence-corrected chi connectivity index (χ4v) is 2.42. The molecule has 0 aliphatic carbocycles. The van der Waals surface area contributed by atoms with E-state index in [9.17, 15) is 9.18 Å². The third-order valence-electron chi connectivity index (χ3n) is 2.98. The second-order valence-corrected chi connectivity index (χ2v) is 5.24. The Morgan fingerprint density at radius 1 is 1.25 bits per heavy atom. The van der Waals surface area contributed by atoms with Crippen molar-refractivity contribution in [3.05, 3.63) is 63.9 Å². The standard InChI is InChI=1S/C15H13BrFNO2/c1-18(9-10-5-2-3-6-11(10)16)13-8-4-7-12(17)14(13)15(19)20/h2-8H,9H2,1H3,(H,19,20). The number of carboxylic acids is 1. The van der Waals surface area contributed by atoms with Gasteiger partial charge in [-0.15, -0.1) is 0 Å². The first-order chi connectivity index (χ1) is 9.50. The number of carbonyl (C=O) groups is 1. The van der Waals surface area contributed by atoms with Crippen molar-refractivity contribution in [3.63, 3.8) is 0 Å². The lowest BCUT2D eigenvalue weighted by Crippen LogP contribution is -2.20. The zero-order valence-corrected chi connectivity index (χ0v) is 12.4. The summed E-state index contributed by atoms with van der Waals surface area (Å²) in [5, 5.41) is 9.14. The van der Waals surface area contributed by atoms with E-state index in [2.05, 4.69) is 15.9 Å². The van der Waals surface area contributed by atoms with Gasteiger partial charge in [-0.1, -0.05) is 40.2 Å². The molecule has 0 aromatic heterocycles. The Balaban J connectivity index is 2.35. The predicted molar refractivity (Wildman–Crippen MR) is 79.6 cm³/mol. The molecular weight excluding hydrogens is 325 g/mol. The van der Waals surface area contributed by atoms with Gasteiger partial charge in [0, 0.05) is 18.1 Å². The first kappa shape index (κ1) is 14.5. The molecule has 104 valence electrons. The molecule has 3 nitrogen and oxygen atoms in total. The van der Waals surface area contributed by atoms with Crippen LogP contribution in [0.2, 0.25) is 0 Å². The summed E-state index contributed by atoms with van der Waals surface area (Å²) in [7, 11) is 1.74. The minimum Gasteiger partial charge on any atom is -0.478 e. The van der Waals surface area contributed by atoms with E-state index in [4.69, 9.17) is 5.11 Å². The van der Waals surface area contributed by atoms with Crippen LogP contribution in [0.4, 0.5) is 10.1 Å². The van der Waals surface area contributed by atoms with Crippen LogP contribution in [0, 0.1) is 5.82 Å². The van der Waals surface area contributed by atoms with Gasteiger partial charge < -0.3 is 10.0 Å². The number of nitrogens with zero attached hydrogens (tertiary/aromatic N) is 1. The van der Waals surface area contributed by atoms with Crippen LogP contribution in [0.3, 0.4) is 0 Å². The van der Waals surface area contributed by atoms with Gasteiger partial charge in [-0.25, -0.2) is 9.18 Å². The topological polar surface area (TPSA) is 40.5 Å². The van der Waals surface area contributed by atoms with Crippen molar-refractivity contribution in [3.8, 4) is 0 Å². The van der Waals surface area contributed by atoms with Crippen molar-refractivity contribution in [2.75, 3.05) is 11.9 Å². The zero-order chi connectivity index (χ0) is 14.7. The smallest absolute Gasteiger partial charge is 0.340 e. The Labute approximate surface area is 124 Å². The molecule has 2 aromatic carbocycles. The highest BCUT2D eigenvalue weighted by molar-refractivity contribution is 9.10. The van der Waals surface area contributed by atoms with Crippen LogP contribution in [0.1, 0.15) is 15.9 Å². The first-order valence-electron chi connectivity index (χ1n) is 5.97. The Morgan fingerprint density at radius 3 is 2.60 bits per heavy atom. The van der Waals surface area contributed by atoms with Crippen LogP contribution in [-0.4, -0.2) is 18.1 Å². The van der Waals surface area contributed by atoms with Crippen molar-refractivity contribution < 1.29 is 14.3 Å². The number of rotatable bonds is 4. The fourth-order valence-electron chi connectivity index (χ4n) is 2.01. The van der Waals surface area contributed by atoms with Crippen LogP contribution in [0.5, 0.6) is 0 Å². The highest BCUT2D eigenvalue weighted by Crippen LogP contribution is 2.25. The van der Waals surface area contributed by atoms with E-state index in [0.29, 0.717) is 12.2 Å².